The fourth-order valence-electron chi connectivity index (χ4n) is 2.99. The van der Waals surface area contributed by atoms with E-state index in [1.54, 1.807) is 12.1 Å². The standard InChI is InChI=1S/C20H13F3N2/c21-20(22,23)16-9-4-8-15-18(11-12-24-19(15)16)25-17-10-3-6-13-5-1-2-7-14(13)17/h1-12H,(H,24,25). The minimum Gasteiger partial charge on any atom is -0.354 e. The van der Waals surface area contributed by atoms with E-state index in [9.17, 15) is 13.2 Å². The first-order chi connectivity index (χ1) is 12.0. The van der Waals surface area contributed by atoms with E-state index >= 15 is 0 Å². The van der Waals surface area contributed by atoms with Crippen LogP contribution in [0.1, 0.15) is 5.56 Å². The van der Waals surface area contributed by atoms with Crippen LogP contribution in [-0.2, 0) is 6.18 Å². The van der Waals surface area contributed by atoms with E-state index < -0.39 is 11.7 Å². The van der Waals surface area contributed by atoms with Gasteiger partial charge in [-0.05, 0) is 23.6 Å². The third-order valence-electron chi connectivity index (χ3n) is 4.14. The van der Waals surface area contributed by atoms with Gasteiger partial charge in [0, 0.05) is 28.3 Å². The maximum atomic E-state index is 13.2. The van der Waals surface area contributed by atoms with E-state index in [1.165, 1.54) is 12.3 Å². The molecule has 1 aromatic heterocycles. The molecule has 0 unspecified atom stereocenters. The van der Waals surface area contributed by atoms with E-state index in [0.717, 1.165) is 22.5 Å². The van der Waals surface area contributed by atoms with Crippen molar-refractivity contribution in [2.75, 3.05) is 5.32 Å². The molecule has 0 amide bonds. The normalized spacial score (nSPS) is 11.8. The number of para-hydroxylation sites is 1. The van der Waals surface area contributed by atoms with Crippen LogP contribution in [0.2, 0.25) is 0 Å². The van der Waals surface area contributed by atoms with Crippen LogP contribution < -0.4 is 5.32 Å². The van der Waals surface area contributed by atoms with Gasteiger partial charge in [0.2, 0.25) is 0 Å². The van der Waals surface area contributed by atoms with Crippen LogP contribution in [0.15, 0.2) is 72.9 Å². The van der Waals surface area contributed by atoms with E-state index in [-0.39, 0.29) is 5.52 Å². The van der Waals surface area contributed by atoms with Gasteiger partial charge in [0.1, 0.15) is 0 Å². The summed E-state index contributed by atoms with van der Waals surface area (Å²) in [4.78, 5) is 3.95. The molecular weight excluding hydrogens is 325 g/mol. The summed E-state index contributed by atoms with van der Waals surface area (Å²) in [7, 11) is 0. The number of pyridine rings is 1. The van der Waals surface area contributed by atoms with Gasteiger partial charge in [-0.25, -0.2) is 0 Å². The van der Waals surface area contributed by atoms with Crippen LogP contribution in [0.25, 0.3) is 21.7 Å². The van der Waals surface area contributed by atoms with Gasteiger partial charge in [0.25, 0.3) is 0 Å². The first-order valence-corrected chi connectivity index (χ1v) is 7.74. The molecule has 0 spiro atoms. The number of hydrogen-bond acceptors (Lipinski definition) is 2. The molecule has 2 nitrogen and oxygen atoms in total. The SMILES string of the molecule is FC(F)(F)c1cccc2c(Nc3cccc4ccccc34)ccnc12. The Hall–Kier alpha value is -3.08. The Kier molecular flexibility index (Phi) is 3.57. The number of aromatic nitrogens is 1. The van der Waals surface area contributed by atoms with E-state index in [1.807, 2.05) is 42.5 Å². The van der Waals surface area contributed by atoms with Crippen molar-refractivity contribution in [3.63, 3.8) is 0 Å². The molecule has 0 radical (unpaired) electrons. The van der Waals surface area contributed by atoms with Crippen molar-refractivity contribution < 1.29 is 13.2 Å². The van der Waals surface area contributed by atoms with E-state index in [0.29, 0.717) is 11.1 Å². The summed E-state index contributed by atoms with van der Waals surface area (Å²) in [6.45, 7) is 0. The molecule has 1 heterocycles. The second-order valence-electron chi connectivity index (χ2n) is 5.71. The maximum absolute atomic E-state index is 13.2. The molecule has 4 aromatic rings. The number of alkyl halides is 3. The second kappa shape index (κ2) is 5.77. The molecule has 0 aliphatic carbocycles. The number of anilines is 2. The fourth-order valence-corrected chi connectivity index (χ4v) is 2.99. The Morgan fingerprint density at radius 3 is 2.24 bits per heavy atom. The summed E-state index contributed by atoms with van der Waals surface area (Å²) in [6.07, 6.45) is -3.05. The number of halogens is 3. The smallest absolute Gasteiger partial charge is 0.354 e. The van der Waals surface area contributed by atoms with Gasteiger partial charge in [0.15, 0.2) is 0 Å². The zero-order valence-corrected chi connectivity index (χ0v) is 13.0. The van der Waals surface area contributed by atoms with Crippen LogP contribution in [0.4, 0.5) is 24.5 Å². The molecule has 124 valence electrons. The van der Waals surface area contributed by atoms with Crippen molar-refractivity contribution in [3.8, 4) is 0 Å². The molecule has 0 aliphatic heterocycles. The number of benzene rings is 3. The van der Waals surface area contributed by atoms with Gasteiger partial charge in [-0.15, -0.1) is 0 Å². The number of rotatable bonds is 2. The summed E-state index contributed by atoms with van der Waals surface area (Å²) >= 11 is 0. The zero-order valence-electron chi connectivity index (χ0n) is 13.0. The fraction of sp³-hybridized carbons (Fsp3) is 0.0500. The predicted molar refractivity (Wildman–Crippen MR) is 94.0 cm³/mol. The average molecular weight is 338 g/mol. The molecule has 4 rings (SSSR count). The van der Waals surface area contributed by atoms with Gasteiger partial charge in [0.05, 0.1) is 11.1 Å². The Balaban J connectivity index is 1.88. The predicted octanol–water partition coefficient (Wildman–Crippen LogP) is 6.15. The van der Waals surface area contributed by atoms with Crippen molar-refractivity contribution in [2.45, 2.75) is 6.18 Å². The van der Waals surface area contributed by atoms with Crippen molar-refractivity contribution >= 4 is 33.1 Å². The Morgan fingerprint density at radius 2 is 1.40 bits per heavy atom. The third-order valence-corrected chi connectivity index (χ3v) is 4.14. The molecule has 25 heavy (non-hydrogen) atoms. The third kappa shape index (κ3) is 2.78. The summed E-state index contributed by atoms with van der Waals surface area (Å²) in [5.41, 5.74) is 0.641. The molecule has 5 heteroatoms. The van der Waals surface area contributed by atoms with E-state index in [4.69, 9.17) is 0 Å². The van der Waals surface area contributed by atoms with Crippen LogP contribution in [0.5, 0.6) is 0 Å². The van der Waals surface area contributed by atoms with Gasteiger partial charge in [-0.3, -0.25) is 4.98 Å². The molecule has 0 atom stereocenters. The summed E-state index contributed by atoms with van der Waals surface area (Å²) in [6, 6.07) is 19.4. The highest BCUT2D eigenvalue weighted by Gasteiger charge is 2.33. The van der Waals surface area contributed by atoms with Gasteiger partial charge in [-0.1, -0.05) is 48.5 Å². The van der Waals surface area contributed by atoms with Crippen molar-refractivity contribution in [2.24, 2.45) is 0 Å². The summed E-state index contributed by atoms with van der Waals surface area (Å²) < 4.78 is 39.7. The minimum absolute atomic E-state index is 0.0553. The highest BCUT2D eigenvalue weighted by atomic mass is 19.4. The van der Waals surface area contributed by atoms with Gasteiger partial charge >= 0.3 is 6.18 Å². The first-order valence-electron chi connectivity index (χ1n) is 7.74. The van der Waals surface area contributed by atoms with Crippen molar-refractivity contribution in [1.82, 2.24) is 4.98 Å². The second-order valence-corrected chi connectivity index (χ2v) is 5.71. The number of nitrogens with one attached hydrogen (secondary N) is 1. The Labute approximate surface area is 141 Å². The molecular formula is C20H13F3N2. The minimum atomic E-state index is -4.44. The quantitative estimate of drug-likeness (QED) is 0.474. The Bertz CT molecular complexity index is 1070. The van der Waals surface area contributed by atoms with Crippen molar-refractivity contribution in [3.05, 3.63) is 78.5 Å². The monoisotopic (exact) mass is 338 g/mol. The lowest BCUT2D eigenvalue weighted by Gasteiger charge is -2.14. The highest BCUT2D eigenvalue weighted by Crippen LogP contribution is 2.37. The molecule has 1 N–H and O–H groups in total. The maximum Gasteiger partial charge on any atom is 0.418 e. The van der Waals surface area contributed by atoms with Gasteiger partial charge in [-0.2, -0.15) is 13.2 Å². The lowest BCUT2D eigenvalue weighted by atomic mass is 10.1. The molecule has 0 saturated carbocycles. The zero-order chi connectivity index (χ0) is 17.4. The molecule has 3 aromatic carbocycles. The van der Waals surface area contributed by atoms with E-state index in [2.05, 4.69) is 10.3 Å². The molecule has 0 aliphatic rings. The first kappa shape index (κ1) is 15.4. The highest BCUT2D eigenvalue weighted by molar-refractivity contribution is 6.00. The van der Waals surface area contributed by atoms with Crippen LogP contribution >= 0.6 is 0 Å². The molecule has 0 saturated heterocycles. The number of fused-ring (bicyclic) bond motifs is 2. The van der Waals surface area contributed by atoms with Crippen molar-refractivity contribution in [1.29, 1.82) is 0 Å². The number of nitrogens with zero attached hydrogens (tertiary/aromatic N) is 1. The number of hydrogen-bond donors (Lipinski definition) is 1. The summed E-state index contributed by atoms with van der Waals surface area (Å²) in [5, 5.41) is 5.76. The Morgan fingerprint density at radius 1 is 0.720 bits per heavy atom. The lowest BCUT2D eigenvalue weighted by Crippen LogP contribution is -2.07. The topological polar surface area (TPSA) is 24.9 Å². The van der Waals surface area contributed by atoms with Gasteiger partial charge < -0.3 is 5.32 Å². The molecule has 0 fully saturated rings. The van der Waals surface area contributed by atoms with Crippen LogP contribution in [0, 0.1) is 0 Å². The lowest BCUT2D eigenvalue weighted by molar-refractivity contribution is -0.136. The average Bonchev–Trinajstić information content (AvgIpc) is 2.61. The molecule has 0 bridgehead atoms. The largest absolute Gasteiger partial charge is 0.418 e. The summed E-state index contributed by atoms with van der Waals surface area (Å²) in [5.74, 6) is 0. The van der Waals surface area contributed by atoms with Crippen LogP contribution in [-0.4, -0.2) is 4.98 Å². The van der Waals surface area contributed by atoms with Crippen LogP contribution in [0.3, 0.4) is 0 Å².